The summed E-state index contributed by atoms with van der Waals surface area (Å²) in [6.07, 6.45) is 0.841. The normalized spacial score (nSPS) is 10.7. The summed E-state index contributed by atoms with van der Waals surface area (Å²) in [7, 11) is 0. The third-order valence-corrected chi connectivity index (χ3v) is 3.94. The number of thiazole rings is 1. The van der Waals surface area contributed by atoms with Crippen LogP contribution in [-0.4, -0.2) is 17.4 Å². The van der Waals surface area contributed by atoms with E-state index in [1.54, 1.807) is 11.3 Å². The van der Waals surface area contributed by atoms with Crippen LogP contribution in [0, 0.1) is 0 Å². The third-order valence-electron chi connectivity index (χ3n) is 2.79. The van der Waals surface area contributed by atoms with Crippen LogP contribution in [0.1, 0.15) is 40.8 Å². The van der Waals surface area contributed by atoms with Gasteiger partial charge in [-0.05, 0) is 12.0 Å². The molecule has 0 spiro atoms. The number of carbonyl (C=O) groups is 1. The van der Waals surface area contributed by atoms with Gasteiger partial charge in [-0.25, -0.2) is 4.98 Å². The number of benzene rings is 1. The number of nitrogens with zero attached hydrogens (tertiary/aromatic N) is 1. The maximum atomic E-state index is 11.9. The minimum absolute atomic E-state index is 0.0842. The van der Waals surface area contributed by atoms with Crippen LogP contribution in [0.25, 0.3) is 0 Å². The molecule has 1 N–H and O–H groups in total. The van der Waals surface area contributed by atoms with E-state index in [2.05, 4.69) is 36.3 Å². The van der Waals surface area contributed by atoms with E-state index in [0.717, 1.165) is 11.4 Å². The van der Waals surface area contributed by atoms with Crippen molar-refractivity contribution in [1.29, 1.82) is 0 Å². The Labute approximate surface area is 117 Å². The molecule has 2 rings (SSSR count). The fourth-order valence-corrected chi connectivity index (χ4v) is 2.53. The highest BCUT2D eigenvalue weighted by Crippen LogP contribution is 2.18. The van der Waals surface area contributed by atoms with Gasteiger partial charge in [-0.2, -0.15) is 0 Å². The molecule has 0 saturated carbocycles. The second-order valence-electron chi connectivity index (χ2n) is 4.72. The lowest BCUT2D eigenvalue weighted by Gasteiger charge is -2.03. The average molecular weight is 274 g/mol. The van der Waals surface area contributed by atoms with E-state index in [4.69, 9.17) is 0 Å². The zero-order valence-electron chi connectivity index (χ0n) is 11.2. The standard InChI is InChI=1S/C15H18N2OS/c1-11(2)15-17-13(10-19-15)14(18)16-9-8-12-6-4-3-5-7-12/h3-7,10-11H,8-9H2,1-2H3,(H,16,18). The smallest absolute Gasteiger partial charge is 0.270 e. The van der Waals surface area contributed by atoms with Crippen LogP contribution in [0.4, 0.5) is 0 Å². The molecule has 0 aliphatic heterocycles. The van der Waals surface area contributed by atoms with Crippen molar-refractivity contribution in [2.45, 2.75) is 26.2 Å². The first kappa shape index (κ1) is 13.7. The highest BCUT2D eigenvalue weighted by Gasteiger charge is 2.11. The first-order valence-electron chi connectivity index (χ1n) is 6.44. The molecule has 1 heterocycles. The Morgan fingerprint density at radius 3 is 2.68 bits per heavy atom. The van der Waals surface area contributed by atoms with Gasteiger partial charge in [-0.1, -0.05) is 44.2 Å². The molecule has 0 radical (unpaired) electrons. The Morgan fingerprint density at radius 1 is 1.32 bits per heavy atom. The van der Waals surface area contributed by atoms with Gasteiger partial charge in [0.1, 0.15) is 5.69 Å². The van der Waals surface area contributed by atoms with Crippen LogP contribution < -0.4 is 5.32 Å². The molecule has 0 bridgehead atoms. The fourth-order valence-electron chi connectivity index (χ4n) is 1.71. The van der Waals surface area contributed by atoms with Gasteiger partial charge in [-0.15, -0.1) is 11.3 Å². The van der Waals surface area contributed by atoms with Crippen LogP contribution >= 0.6 is 11.3 Å². The summed E-state index contributed by atoms with van der Waals surface area (Å²) in [5.41, 5.74) is 1.76. The largest absolute Gasteiger partial charge is 0.350 e. The fraction of sp³-hybridized carbons (Fsp3) is 0.333. The van der Waals surface area contributed by atoms with Gasteiger partial charge >= 0.3 is 0 Å². The Bertz CT molecular complexity index is 534. The third kappa shape index (κ3) is 3.89. The van der Waals surface area contributed by atoms with Crippen molar-refractivity contribution in [3.8, 4) is 0 Å². The molecule has 0 saturated heterocycles. The summed E-state index contributed by atoms with van der Waals surface area (Å²) in [6, 6.07) is 10.1. The van der Waals surface area contributed by atoms with Gasteiger partial charge in [0, 0.05) is 17.8 Å². The van der Waals surface area contributed by atoms with Gasteiger partial charge < -0.3 is 5.32 Å². The molecular formula is C15H18N2OS. The van der Waals surface area contributed by atoms with E-state index in [9.17, 15) is 4.79 Å². The minimum Gasteiger partial charge on any atom is -0.350 e. The van der Waals surface area contributed by atoms with Gasteiger partial charge in [-0.3, -0.25) is 4.79 Å². The molecule has 2 aromatic rings. The topological polar surface area (TPSA) is 42.0 Å². The van der Waals surface area contributed by atoms with Gasteiger partial charge in [0.25, 0.3) is 5.91 Å². The zero-order valence-corrected chi connectivity index (χ0v) is 12.0. The Kier molecular flexibility index (Phi) is 4.68. The summed E-state index contributed by atoms with van der Waals surface area (Å²) < 4.78 is 0. The summed E-state index contributed by atoms with van der Waals surface area (Å²) >= 11 is 1.54. The molecule has 4 heteroatoms. The molecule has 3 nitrogen and oxygen atoms in total. The molecule has 0 fully saturated rings. The van der Waals surface area contributed by atoms with Gasteiger partial charge in [0.05, 0.1) is 5.01 Å². The number of rotatable bonds is 5. The summed E-state index contributed by atoms with van der Waals surface area (Å²) in [6.45, 7) is 4.79. The van der Waals surface area contributed by atoms with Crippen molar-refractivity contribution < 1.29 is 4.79 Å². The van der Waals surface area contributed by atoms with Crippen molar-refractivity contribution in [3.05, 3.63) is 52.0 Å². The lowest BCUT2D eigenvalue weighted by atomic mass is 10.1. The number of hydrogen-bond acceptors (Lipinski definition) is 3. The highest BCUT2D eigenvalue weighted by atomic mass is 32.1. The first-order chi connectivity index (χ1) is 9.16. The molecule has 0 aliphatic carbocycles. The zero-order chi connectivity index (χ0) is 13.7. The second kappa shape index (κ2) is 6.48. The van der Waals surface area contributed by atoms with Crippen molar-refractivity contribution in [3.63, 3.8) is 0 Å². The molecule has 1 amide bonds. The minimum atomic E-state index is -0.0842. The Hall–Kier alpha value is -1.68. The first-order valence-corrected chi connectivity index (χ1v) is 7.32. The van der Waals surface area contributed by atoms with E-state index < -0.39 is 0 Å². The average Bonchev–Trinajstić information content (AvgIpc) is 2.89. The highest BCUT2D eigenvalue weighted by molar-refractivity contribution is 7.09. The van der Waals surface area contributed by atoms with Gasteiger partial charge in [0.2, 0.25) is 0 Å². The summed E-state index contributed by atoms with van der Waals surface area (Å²) in [5, 5.41) is 5.74. The molecule has 0 atom stereocenters. The Morgan fingerprint density at radius 2 is 2.05 bits per heavy atom. The molecule has 100 valence electrons. The van der Waals surface area contributed by atoms with E-state index in [0.29, 0.717) is 18.2 Å². The van der Waals surface area contributed by atoms with Crippen LogP contribution in [0.15, 0.2) is 35.7 Å². The summed E-state index contributed by atoms with van der Waals surface area (Å²) in [5.74, 6) is 0.287. The Balaban J connectivity index is 1.84. The molecule has 1 aromatic carbocycles. The van der Waals surface area contributed by atoms with Gasteiger partial charge in [0.15, 0.2) is 0 Å². The quantitative estimate of drug-likeness (QED) is 0.909. The van der Waals surface area contributed by atoms with E-state index >= 15 is 0 Å². The maximum Gasteiger partial charge on any atom is 0.270 e. The number of carbonyl (C=O) groups excluding carboxylic acids is 1. The molecule has 0 unspecified atom stereocenters. The van der Waals surface area contributed by atoms with Crippen LogP contribution in [0.2, 0.25) is 0 Å². The summed E-state index contributed by atoms with van der Waals surface area (Å²) in [4.78, 5) is 16.2. The lowest BCUT2D eigenvalue weighted by Crippen LogP contribution is -2.26. The predicted octanol–water partition coefficient (Wildman–Crippen LogP) is 3.24. The number of aromatic nitrogens is 1. The predicted molar refractivity (Wildman–Crippen MR) is 78.7 cm³/mol. The van der Waals surface area contributed by atoms with Crippen molar-refractivity contribution in [1.82, 2.24) is 10.3 Å². The van der Waals surface area contributed by atoms with E-state index in [1.165, 1.54) is 5.56 Å². The molecule has 0 aliphatic rings. The van der Waals surface area contributed by atoms with Crippen LogP contribution in [-0.2, 0) is 6.42 Å². The van der Waals surface area contributed by atoms with E-state index in [-0.39, 0.29) is 5.91 Å². The number of amides is 1. The second-order valence-corrected chi connectivity index (χ2v) is 5.61. The SMILES string of the molecule is CC(C)c1nc(C(=O)NCCc2ccccc2)cs1. The lowest BCUT2D eigenvalue weighted by molar-refractivity contribution is 0.0949. The molecule has 1 aromatic heterocycles. The maximum absolute atomic E-state index is 11.9. The monoisotopic (exact) mass is 274 g/mol. The van der Waals surface area contributed by atoms with Crippen LogP contribution in [0.3, 0.4) is 0 Å². The van der Waals surface area contributed by atoms with Crippen molar-refractivity contribution in [2.24, 2.45) is 0 Å². The number of nitrogens with one attached hydrogen (secondary N) is 1. The van der Waals surface area contributed by atoms with Crippen molar-refractivity contribution >= 4 is 17.2 Å². The molecular weight excluding hydrogens is 256 g/mol. The number of hydrogen-bond donors (Lipinski definition) is 1. The van der Waals surface area contributed by atoms with E-state index in [1.807, 2.05) is 23.6 Å². The molecule has 19 heavy (non-hydrogen) atoms. The van der Waals surface area contributed by atoms with Crippen molar-refractivity contribution in [2.75, 3.05) is 6.54 Å². The van der Waals surface area contributed by atoms with Crippen LogP contribution in [0.5, 0.6) is 0 Å².